The minimum absolute atomic E-state index is 0. The lowest BCUT2D eigenvalue weighted by Crippen LogP contribution is -2.28. The molecule has 3 aromatic rings. The molecule has 39 heavy (non-hydrogen) atoms. The molecule has 1 aliphatic heterocycles. The van der Waals surface area contributed by atoms with E-state index >= 15 is 0 Å². The highest BCUT2D eigenvalue weighted by atomic mass is 35.5. The van der Waals surface area contributed by atoms with Crippen LogP contribution in [0.25, 0.3) is 5.57 Å². The molecule has 0 saturated heterocycles. The van der Waals surface area contributed by atoms with E-state index in [4.69, 9.17) is 0 Å². The number of benzene rings is 3. The molecule has 0 saturated carbocycles. The second-order valence-corrected chi connectivity index (χ2v) is 9.02. The Balaban J connectivity index is 0.00000267. The van der Waals surface area contributed by atoms with Crippen LogP contribution in [-0.4, -0.2) is 37.8 Å². The molecule has 3 aromatic carbocycles. The topological polar surface area (TPSA) is 64.6 Å². The van der Waals surface area contributed by atoms with Crippen molar-refractivity contribution >= 4 is 53.4 Å². The third-order valence-electron chi connectivity index (χ3n) is 6.13. The lowest BCUT2D eigenvalue weighted by Gasteiger charge is -2.24. The Morgan fingerprint density at radius 1 is 1.00 bits per heavy atom. The Morgan fingerprint density at radius 3 is 2.21 bits per heavy atom. The van der Waals surface area contributed by atoms with Crippen molar-refractivity contribution in [3.63, 3.8) is 0 Å². The normalized spacial score (nSPS) is 14.9. The minimum atomic E-state index is -4.42. The standard InChI is InChI=1S/C29H28F3N3O2.2ClH/c1-35(2)22-15-11-20(12-16-22)24(19-9-13-21(14-10-19)29(30,31)32)5-3-8-28(37)34-27-7-4-6-26-25(27)17-23(36)18-33-26;;/h3-16,23,33,36H,17-18H2,1-2H3,(H,34,37);2*1H. The van der Waals surface area contributed by atoms with E-state index in [9.17, 15) is 23.1 Å². The van der Waals surface area contributed by atoms with E-state index in [0.29, 0.717) is 29.8 Å². The van der Waals surface area contributed by atoms with Crippen LogP contribution >= 0.6 is 24.8 Å². The maximum absolute atomic E-state index is 13.1. The summed E-state index contributed by atoms with van der Waals surface area (Å²) < 4.78 is 39.2. The lowest BCUT2D eigenvalue weighted by molar-refractivity contribution is -0.137. The van der Waals surface area contributed by atoms with Gasteiger partial charge in [0.05, 0.1) is 11.7 Å². The van der Waals surface area contributed by atoms with E-state index in [1.54, 1.807) is 18.2 Å². The molecule has 0 radical (unpaired) electrons. The summed E-state index contributed by atoms with van der Waals surface area (Å²) in [6.45, 7) is 0.456. The summed E-state index contributed by atoms with van der Waals surface area (Å²) in [5.41, 5.74) is 4.65. The second kappa shape index (κ2) is 13.6. The van der Waals surface area contributed by atoms with Gasteiger partial charge in [-0.2, -0.15) is 13.2 Å². The van der Waals surface area contributed by atoms with Crippen LogP contribution in [-0.2, 0) is 17.4 Å². The van der Waals surface area contributed by atoms with Crippen molar-refractivity contribution in [3.05, 3.63) is 107 Å². The van der Waals surface area contributed by atoms with Crippen LogP contribution in [0.4, 0.5) is 30.2 Å². The molecule has 0 fully saturated rings. The van der Waals surface area contributed by atoms with Crippen molar-refractivity contribution in [1.29, 1.82) is 0 Å². The van der Waals surface area contributed by atoms with Gasteiger partial charge >= 0.3 is 6.18 Å². The number of halogens is 5. The number of β-amino-alcohol motifs (C(OH)–C–C–N with tert-alkyl or cyclic N) is 1. The van der Waals surface area contributed by atoms with E-state index in [-0.39, 0.29) is 30.7 Å². The summed E-state index contributed by atoms with van der Waals surface area (Å²) in [4.78, 5) is 14.6. The summed E-state index contributed by atoms with van der Waals surface area (Å²) in [6, 6.07) is 18.1. The summed E-state index contributed by atoms with van der Waals surface area (Å²) in [5, 5.41) is 16.0. The predicted molar refractivity (Wildman–Crippen MR) is 156 cm³/mol. The molecule has 5 nitrogen and oxygen atoms in total. The zero-order valence-electron chi connectivity index (χ0n) is 21.3. The van der Waals surface area contributed by atoms with Crippen molar-refractivity contribution in [2.24, 2.45) is 0 Å². The molecule has 1 heterocycles. The van der Waals surface area contributed by atoms with E-state index in [1.807, 2.05) is 55.4 Å². The molecule has 1 atom stereocenters. The maximum atomic E-state index is 13.1. The van der Waals surface area contributed by atoms with Crippen LogP contribution in [0.1, 0.15) is 22.3 Å². The number of aliphatic hydroxyl groups is 1. The smallest absolute Gasteiger partial charge is 0.391 e. The van der Waals surface area contributed by atoms with Gasteiger partial charge in [0.1, 0.15) is 0 Å². The van der Waals surface area contributed by atoms with Crippen LogP contribution in [0, 0.1) is 0 Å². The lowest BCUT2D eigenvalue weighted by atomic mass is 9.96. The Kier molecular flexibility index (Phi) is 11.0. The molecule has 0 aliphatic carbocycles. The number of amides is 1. The third-order valence-corrected chi connectivity index (χ3v) is 6.13. The number of allylic oxidation sites excluding steroid dienone is 2. The van der Waals surface area contributed by atoms with Crippen molar-refractivity contribution in [1.82, 2.24) is 0 Å². The van der Waals surface area contributed by atoms with Gasteiger partial charge in [0.2, 0.25) is 5.91 Å². The second-order valence-electron chi connectivity index (χ2n) is 9.02. The number of aliphatic hydroxyl groups excluding tert-OH is 1. The molecule has 208 valence electrons. The molecule has 4 rings (SSSR count). The maximum Gasteiger partial charge on any atom is 0.416 e. The number of hydrogen-bond donors (Lipinski definition) is 3. The Hall–Kier alpha value is -3.46. The summed E-state index contributed by atoms with van der Waals surface area (Å²) in [6.07, 6.45) is 0.127. The van der Waals surface area contributed by atoms with Crippen molar-refractivity contribution < 1.29 is 23.1 Å². The third kappa shape index (κ3) is 8.02. The molecule has 3 N–H and O–H groups in total. The van der Waals surface area contributed by atoms with Crippen LogP contribution in [0.2, 0.25) is 0 Å². The van der Waals surface area contributed by atoms with Crippen LogP contribution in [0.3, 0.4) is 0 Å². The highest BCUT2D eigenvalue weighted by Gasteiger charge is 2.30. The zero-order valence-corrected chi connectivity index (χ0v) is 23.0. The Morgan fingerprint density at radius 2 is 1.62 bits per heavy atom. The van der Waals surface area contributed by atoms with Gasteiger partial charge in [-0.3, -0.25) is 4.79 Å². The Labute approximate surface area is 238 Å². The molecule has 0 bridgehead atoms. The molecule has 10 heteroatoms. The predicted octanol–water partition coefficient (Wildman–Crippen LogP) is 6.57. The number of anilines is 3. The van der Waals surface area contributed by atoms with Crippen LogP contribution in [0.15, 0.2) is 85.0 Å². The molecular formula is C29H30Cl2F3N3O2. The van der Waals surface area contributed by atoms with Gasteiger partial charge in [-0.25, -0.2) is 0 Å². The molecule has 0 spiro atoms. The largest absolute Gasteiger partial charge is 0.416 e. The first kappa shape index (κ1) is 31.8. The fourth-order valence-corrected chi connectivity index (χ4v) is 4.17. The first-order valence-corrected chi connectivity index (χ1v) is 11.8. The fourth-order valence-electron chi connectivity index (χ4n) is 4.17. The highest BCUT2D eigenvalue weighted by molar-refractivity contribution is 6.01. The van der Waals surface area contributed by atoms with Crippen LogP contribution in [0.5, 0.6) is 0 Å². The molecule has 1 aliphatic rings. The average molecular weight is 580 g/mol. The zero-order chi connectivity index (χ0) is 26.6. The van der Waals surface area contributed by atoms with Gasteiger partial charge in [-0.15, -0.1) is 24.8 Å². The number of nitrogens with one attached hydrogen (secondary N) is 2. The number of rotatable bonds is 6. The van der Waals surface area contributed by atoms with Gasteiger partial charge in [-0.05, 0) is 53.1 Å². The Bertz CT molecular complexity index is 1320. The average Bonchev–Trinajstić information content (AvgIpc) is 2.87. The van der Waals surface area contributed by atoms with Gasteiger partial charge in [0.25, 0.3) is 0 Å². The number of carbonyl (C=O) groups is 1. The summed E-state index contributed by atoms with van der Waals surface area (Å²) in [5.74, 6) is -0.362. The van der Waals surface area contributed by atoms with Crippen LogP contribution < -0.4 is 15.5 Å². The van der Waals surface area contributed by atoms with Crippen molar-refractivity contribution in [2.45, 2.75) is 18.7 Å². The fraction of sp³-hybridized carbons (Fsp3) is 0.207. The van der Waals surface area contributed by atoms with E-state index in [1.165, 1.54) is 18.2 Å². The molecule has 1 unspecified atom stereocenters. The highest BCUT2D eigenvalue weighted by Crippen LogP contribution is 2.32. The van der Waals surface area contributed by atoms with Gasteiger partial charge in [0, 0.05) is 55.8 Å². The molecule has 0 aromatic heterocycles. The SMILES string of the molecule is CN(C)c1ccc(C(=CC=CC(=O)Nc2cccc3c2CC(O)CN3)c2ccc(C(F)(F)F)cc2)cc1.Cl.Cl. The number of carbonyl (C=O) groups excluding carboxylic acids is 1. The minimum Gasteiger partial charge on any atom is -0.391 e. The molecular weight excluding hydrogens is 550 g/mol. The van der Waals surface area contributed by atoms with Gasteiger partial charge in [0.15, 0.2) is 0 Å². The summed E-state index contributed by atoms with van der Waals surface area (Å²) in [7, 11) is 3.84. The molecule has 1 amide bonds. The summed E-state index contributed by atoms with van der Waals surface area (Å²) >= 11 is 0. The quantitative estimate of drug-likeness (QED) is 0.228. The monoisotopic (exact) mass is 579 g/mol. The van der Waals surface area contributed by atoms with Gasteiger partial charge in [-0.1, -0.05) is 42.5 Å². The number of alkyl halides is 3. The number of nitrogens with zero attached hydrogens (tertiary/aromatic N) is 1. The number of hydrogen-bond acceptors (Lipinski definition) is 4. The van der Waals surface area contributed by atoms with E-state index < -0.39 is 17.8 Å². The van der Waals surface area contributed by atoms with Crippen molar-refractivity contribution in [2.75, 3.05) is 36.2 Å². The van der Waals surface area contributed by atoms with E-state index in [2.05, 4.69) is 10.6 Å². The van der Waals surface area contributed by atoms with E-state index in [0.717, 1.165) is 34.6 Å². The first-order valence-electron chi connectivity index (χ1n) is 11.8. The number of fused-ring (bicyclic) bond motifs is 1. The van der Waals surface area contributed by atoms with Crippen molar-refractivity contribution in [3.8, 4) is 0 Å². The van der Waals surface area contributed by atoms with Gasteiger partial charge < -0.3 is 20.6 Å². The first-order chi connectivity index (χ1) is 17.6.